The van der Waals surface area contributed by atoms with Gasteiger partial charge in [-0.2, -0.15) is 0 Å². The Labute approximate surface area is 89.4 Å². The van der Waals surface area contributed by atoms with Gasteiger partial charge in [0.2, 0.25) is 0 Å². The Bertz CT molecular complexity index is 478. The van der Waals surface area contributed by atoms with Crippen LogP contribution in [0.1, 0.15) is 17.5 Å². The summed E-state index contributed by atoms with van der Waals surface area (Å²) in [6.07, 6.45) is 9.47. The van der Waals surface area contributed by atoms with Crippen LogP contribution in [0.5, 0.6) is 0 Å². The molecule has 1 nitrogen and oxygen atoms in total. The fourth-order valence-electron chi connectivity index (χ4n) is 1.98. The number of allylic oxidation sites excluding steroid dienone is 4. The molecule has 0 amide bonds. The number of rotatable bonds is 0. The van der Waals surface area contributed by atoms with E-state index in [1.165, 1.54) is 16.7 Å². The zero-order chi connectivity index (χ0) is 10.1. The minimum Gasteiger partial charge on any atom is -0.489 e. The lowest BCUT2D eigenvalue weighted by atomic mass is 10.0. The molecule has 3 rings (SSSR count). The van der Waals surface area contributed by atoms with E-state index in [2.05, 4.69) is 42.5 Å². The van der Waals surface area contributed by atoms with E-state index >= 15 is 0 Å². The summed E-state index contributed by atoms with van der Waals surface area (Å²) in [5, 5.41) is 0. The van der Waals surface area contributed by atoms with E-state index in [0.29, 0.717) is 6.61 Å². The molecule has 0 atom stereocenters. The zero-order valence-electron chi connectivity index (χ0n) is 8.44. The van der Waals surface area contributed by atoms with Crippen LogP contribution in [0.3, 0.4) is 0 Å². The van der Waals surface area contributed by atoms with Crippen molar-refractivity contribution in [3.05, 3.63) is 65.0 Å². The van der Waals surface area contributed by atoms with Crippen LogP contribution in [-0.2, 0) is 11.3 Å². The third-order valence-corrected chi connectivity index (χ3v) is 2.81. The smallest absolute Gasteiger partial charge is 0.123 e. The normalized spacial score (nSPS) is 17.9. The van der Waals surface area contributed by atoms with Crippen molar-refractivity contribution in [2.45, 2.75) is 13.0 Å². The highest BCUT2D eigenvalue weighted by Gasteiger charge is 2.13. The minimum atomic E-state index is 0.676. The van der Waals surface area contributed by atoms with Crippen LogP contribution in [0.2, 0.25) is 0 Å². The zero-order valence-corrected chi connectivity index (χ0v) is 8.44. The largest absolute Gasteiger partial charge is 0.489 e. The monoisotopic (exact) mass is 196 g/mol. The van der Waals surface area contributed by atoms with Crippen molar-refractivity contribution >= 4 is 6.08 Å². The van der Waals surface area contributed by atoms with Crippen LogP contribution < -0.4 is 0 Å². The minimum absolute atomic E-state index is 0.676. The van der Waals surface area contributed by atoms with Gasteiger partial charge in [-0.1, -0.05) is 36.4 Å². The summed E-state index contributed by atoms with van der Waals surface area (Å²) in [4.78, 5) is 0. The maximum atomic E-state index is 5.77. The molecule has 0 N–H and O–H groups in total. The second kappa shape index (κ2) is 3.43. The molecule has 0 saturated carbocycles. The van der Waals surface area contributed by atoms with Gasteiger partial charge in [0.25, 0.3) is 0 Å². The summed E-state index contributed by atoms with van der Waals surface area (Å²) in [5.41, 5.74) is 3.83. The van der Waals surface area contributed by atoms with Crippen LogP contribution >= 0.6 is 0 Å². The summed E-state index contributed by atoms with van der Waals surface area (Å²) in [6.45, 7) is 0.676. The predicted octanol–water partition coefficient (Wildman–Crippen LogP) is 3.44. The van der Waals surface area contributed by atoms with Crippen molar-refractivity contribution in [1.29, 1.82) is 0 Å². The standard InChI is InChI=1S/C14H12O/c1-2-7-13-10-15-14-8-4-3-6-12(14)9-11(13)5-1/h1-5,7-9H,6,10H2. The van der Waals surface area contributed by atoms with Crippen molar-refractivity contribution in [2.75, 3.05) is 0 Å². The van der Waals surface area contributed by atoms with Crippen LogP contribution in [0.25, 0.3) is 6.08 Å². The predicted molar refractivity (Wildman–Crippen MR) is 61.0 cm³/mol. The fraction of sp³-hybridized carbons (Fsp3) is 0.143. The molecule has 1 aromatic carbocycles. The highest BCUT2D eigenvalue weighted by Crippen LogP contribution is 2.29. The molecule has 1 heteroatoms. The van der Waals surface area contributed by atoms with Crippen LogP contribution in [0, 0.1) is 0 Å². The van der Waals surface area contributed by atoms with Gasteiger partial charge in [-0.05, 0) is 35.3 Å². The highest BCUT2D eigenvalue weighted by atomic mass is 16.5. The van der Waals surface area contributed by atoms with Gasteiger partial charge in [0.05, 0.1) is 0 Å². The molecule has 1 aliphatic carbocycles. The van der Waals surface area contributed by atoms with Crippen LogP contribution in [0.15, 0.2) is 53.8 Å². The average molecular weight is 196 g/mol. The number of hydrogen-bond acceptors (Lipinski definition) is 1. The molecule has 1 aromatic rings. The van der Waals surface area contributed by atoms with Gasteiger partial charge in [-0.3, -0.25) is 0 Å². The first-order valence-corrected chi connectivity index (χ1v) is 5.22. The van der Waals surface area contributed by atoms with Crippen molar-refractivity contribution < 1.29 is 4.74 Å². The number of benzene rings is 1. The Balaban J connectivity index is 2.11. The molecule has 1 aliphatic heterocycles. The molecule has 0 bridgehead atoms. The summed E-state index contributed by atoms with van der Waals surface area (Å²) >= 11 is 0. The highest BCUT2D eigenvalue weighted by molar-refractivity contribution is 5.62. The third-order valence-electron chi connectivity index (χ3n) is 2.81. The third kappa shape index (κ3) is 1.50. The van der Waals surface area contributed by atoms with Crippen molar-refractivity contribution in [3.8, 4) is 0 Å². The van der Waals surface area contributed by atoms with E-state index in [0.717, 1.165) is 12.2 Å². The molecule has 0 unspecified atom stereocenters. The molecule has 0 radical (unpaired) electrons. The second-order valence-corrected chi connectivity index (χ2v) is 3.82. The molecule has 0 fully saturated rings. The maximum absolute atomic E-state index is 5.77. The SMILES string of the molecule is C1=CCC2=Cc3ccccc3COC2=C1. The van der Waals surface area contributed by atoms with Crippen molar-refractivity contribution in [2.24, 2.45) is 0 Å². The maximum Gasteiger partial charge on any atom is 0.123 e. The van der Waals surface area contributed by atoms with Crippen LogP contribution in [0.4, 0.5) is 0 Å². The lowest BCUT2D eigenvalue weighted by Gasteiger charge is -2.11. The summed E-state index contributed by atoms with van der Waals surface area (Å²) in [5.74, 6) is 1.02. The van der Waals surface area contributed by atoms with Gasteiger partial charge in [0, 0.05) is 0 Å². The van der Waals surface area contributed by atoms with Crippen molar-refractivity contribution in [1.82, 2.24) is 0 Å². The fourth-order valence-corrected chi connectivity index (χ4v) is 1.98. The van der Waals surface area contributed by atoms with Crippen LogP contribution in [-0.4, -0.2) is 0 Å². The molecule has 0 saturated heterocycles. The number of hydrogen-bond donors (Lipinski definition) is 0. The Morgan fingerprint density at radius 2 is 2.07 bits per heavy atom. The van der Waals surface area contributed by atoms with Gasteiger partial charge in [-0.25, -0.2) is 0 Å². The van der Waals surface area contributed by atoms with Gasteiger partial charge < -0.3 is 4.74 Å². The molecule has 2 aliphatic rings. The van der Waals surface area contributed by atoms with E-state index in [1.54, 1.807) is 0 Å². The summed E-state index contributed by atoms with van der Waals surface area (Å²) in [7, 11) is 0. The first-order chi connectivity index (χ1) is 7.43. The lowest BCUT2D eigenvalue weighted by Crippen LogP contribution is -1.95. The Morgan fingerprint density at radius 1 is 1.13 bits per heavy atom. The molecule has 15 heavy (non-hydrogen) atoms. The van der Waals surface area contributed by atoms with E-state index in [1.807, 2.05) is 6.08 Å². The second-order valence-electron chi connectivity index (χ2n) is 3.82. The van der Waals surface area contributed by atoms with E-state index < -0.39 is 0 Å². The Kier molecular flexibility index (Phi) is 1.95. The van der Waals surface area contributed by atoms with E-state index in [9.17, 15) is 0 Å². The number of ether oxygens (including phenoxy) is 1. The first kappa shape index (κ1) is 8.54. The Hall–Kier alpha value is -1.76. The Morgan fingerprint density at radius 3 is 3.07 bits per heavy atom. The molecular weight excluding hydrogens is 184 g/mol. The molecular formula is C14H12O. The quantitative estimate of drug-likeness (QED) is 0.617. The van der Waals surface area contributed by atoms with Gasteiger partial charge in [0.15, 0.2) is 0 Å². The average Bonchev–Trinajstić information content (AvgIpc) is 2.48. The van der Waals surface area contributed by atoms with Gasteiger partial charge in [-0.15, -0.1) is 0 Å². The van der Waals surface area contributed by atoms with E-state index in [4.69, 9.17) is 4.74 Å². The first-order valence-electron chi connectivity index (χ1n) is 5.22. The summed E-state index contributed by atoms with van der Waals surface area (Å²) < 4.78 is 5.77. The number of fused-ring (bicyclic) bond motifs is 2. The van der Waals surface area contributed by atoms with Crippen molar-refractivity contribution in [3.63, 3.8) is 0 Å². The van der Waals surface area contributed by atoms with Gasteiger partial charge in [0.1, 0.15) is 12.4 Å². The molecule has 74 valence electrons. The molecule has 1 heterocycles. The van der Waals surface area contributed by atoms with E-state index in [-0.39, 0.29) is 0 Å². The lowest BCUT2D eigenvalue weighted by molar-refractivity contribution is 0.207. The molecule has 0 aromatic heterocycles. The molecule has 0 spiro atoms. The van der Waals surface area contributed by atoms with Gasteiger partial charge >= 0.3 is 0 Å². The topological polar surface area (TPSA) is 9.23 Å². The summed E-state index contributed by atoms with van der Waals surface area (Å²) in [6, 6.07) is 8.40.